The fourth-order valence-electron chi connectivity index (χ4n) is 2.37. The van der Waals surface area contributed by atoms with Gasteiger partial charge in [0.2, 0.25) is 0 Å². The van der Waals surface area contributed by atoms with E-state index >= 15 is 0 Å². The summed E-state index contributed by atoms with van der Waals surface area (Å²) in [7, 11) is 1.83. The van der Waals surface area contributed by atoms with Gasteiger partial charge in [0, 0.05) is 26.2 Å². The van der Waals surface area contributed by atoms with E-state index < -0.39 is 0 Å². The first-order valence-corrected chi connectivity index (χ1v) is 8.29. The number of likely N-dealkylation sites (tertiary alicyclic amines) is 1. The van der Waals surface area contributed by atoms with Gasteiger partial charge in [0.1, 0.15) is 10.7 Å². The zero-order chi connectivity index (χ0) is 15.4. The highest BCUT2D eigenvalue weighted by molar-refractivity contribution is 7.18. The number of hydrogen-bond acceptors (Lipinski definition) is 6. The first-order chi connectivity index (χ1) is 9.97. The topological polar surface area (TPSA) is 74.5 Å². The zero-order valence-electron chi connectivity index (χ0n) is 13.1. The average molecular weight is 311 g/mol. The van der Waals surface area contributed by atoms with Crippen LogP contribution < -0.4 is 11.1 Å². The maximum atomic E-state index is 12.4. The molecule has 1 aliphatic rings. The minimum Gasteiger partial charge on any atom is -0.382 e. The van der Waals surface area contributed by atoms with Crippen LogP contribution in [0.4, 0.5) is 10.9 Å². The Morgan fingerprint density at radius 2 is 2.14 bits per heavy atom. The second-order valence-corrected chi connectivity index (χ2v) is 6.81. The van der Waals surface area contributed by atoms with Gasteiger partial charge >= 0.3 is 0 Å². The molecule has 1 aromatic rings. The van der Waals surface area contributed by atoms with Crippen molar-refractivity contribution in [2.75, 3.05) is 44.3 Å². The Morgan fingerprint density at radius 3 is 2.76 bits per heavy atom. The number of thiazole rings is 1. The standard InChI is InChI=1S/C14H25N5OS/c1-10(2)16-14-17-12(15)11(21-14)13(20)18(3)8-9-19-6-4-5-7-19/h10H,4-9,15H2,1-3H3,(H,16,17). The molecule has 0 atom stereocenters. The predicted molar refractivity (Wildman–Crippen MR) is 87.9 cm³/mol. The van der Waals surface area contributed by atoms with Crippen molar-refractivity contribution in [3.05, 3.63) is 4.88 Å². The number of rotatable bonds is 6. The molecule has 1 fully saturated rings. The third-order valence-corrected chi connectivity index (χ3v) is 4.55. The van der Waals surface area contributed by atoms with Gasteiger partial charge in [0.15, 0.2) is 5.13 Å². The Morgan fingerprint density at radius 1 is 1.48 bits per heavy atom. The molecule has 3 N–H and O–H groups in total. The molecule has 0 spiro atoms. The molecule has 7 heteroatoms. The molecule has 21 heavy (non-hydrogen) atoms. The van der Waals surface area contributed by atoms with Crippen molar-refractivity contribution in [1.29, 1.82) is 0 Å². The Labute approximate surface area is 130 Å². The summed E-state index contributed by atoms with van der Waals surface area (Å²) in [6.07, 6.45) is 2.54. The third kappa shape index (κ3) is 4.31. The molecule has 1 amide bonds. The molecule has 1 aromatic heterocycles. The van der Waals surface area contributed by atoms with Crippen molar-refractivity contribution < 1.29 is 4.79 Å². The molecule has 2 heterocycles. The van der Waals surface area contributed by atoms with Crippen molar-refractivity contribution in [3.8, 4) is 0 Å². The Bertz CT molecular complexity index is 482. The molecular weight excluding hydrogens is 286 g/mol. The summed E-state index contributed by atoms with van der Waals surface area (Å²) in [6, 6.07) is 0.270. The van der Waals surface area contributed by atoms with Crippen LogP contribution in [-0.4, -0.2) is 60.0 Å². The Hall–Kier alpha value is -1.34. The quantitative estimate of drug-likeness (QED) is 0.836. The molecule has 118 valence electrons. The molecule has 2 rings (SSSR count). The zero-order valence-corrected chi connectivity index (χ0v) is 13.9. The van der Waals surface area contributed by atoms with Gasteiger partial charge in [-0.05, 0) is 39.8 Å². The number of anilines is 2. The summed E-state index contributed by atoms with van der Waals surface area (Å²) in [5.74, 6) is 0.280. The average Bonchev–Trinajstić information content (AvgIpc) is 3.04. The highest BCUT2D eigenvalue weighted by Crippen LogP contribution is 2.26. The maximum absolute atomic E-state index is 12.4. The van der Waals surface area contributed by atoms with E-state index in [0.717, 1.165) is 26.2 Å². The highest BCUT2D eigenvalue weighted by atomic mass is 32.1. The smallest absolute Gasteiger partial charge is 0.267 e. The van der Waals surface area contributed by atoms with Crippen LogP contribution in [0.25, 0.3) is 0 Å². The summed E-state index contributed by atoms with van der Waals surface area (Å²) >= 11 is 1.33. The number of nitrogen functional groups attached to an aromatic ring is 1. The van der Waals surface area contributed by atoms with Crippen molar-refractivity contribution in [2.45, 2.75) is 32.7 Å². The summed E-state index contributed by atoms with van der Waals surface area (Å²) < 4.78 is 0. The van der Waals surface area contributed by atoms with Gasteiger partial charge in [-0.1, -0.05) is 11.3 Å². The van der Waals surface area contributed by atoms with E-state index in [2.05, 4.69) is 15.2 Å². The van der Waals surface area contributed by atoms with Crippen LogP contribution in [-0.2, 0) is 0 Å². The number of nitrogens with zero attached hydrogens (tertiary/aromatic N) is 3. The lowest BCUT2D eigenvalue weighted by Crippen LogP contribution is -2.35. The van der Waals surface area contributed by atoms with E-state index in [-0.39, 0.29) is 11.9 Å². The van der Waals surface area contributed by atoms with Crippen LogP contribution in [0, 0.1) is 0 Å². The molecule has 0 aromatic carbocycles. The highest BCUT2D eigenvalue weighted by Gasteiger charge is 2.21. The number of nitrogens with two attached hydrogens (primary N) is 1. The van der Waals surface area contributed by atoms with Crippen LogP contribution in [0.5, 0.6) is 0 Å². The van der Waals surface area contributed by atoms with Crippen molar-refractivity contribution >= 4 is 28.2 Å². The van der Waals surface area contributed by atoms with Crippen LogP contribution in [0.3, 0.4) is 0 Å². The summed E-state index contributed by atoms with van der Waals surface area (Å²) in [5, 5.41) is 3.89. The molecule has 1 aliphatic heterocycles. The van der Waals surface area contributed by atoms with Crippen LogP contribution in [0.1, 0.15) is 36.4 Å². The predicted octanol–water partition coefficient (Wildman–Crippen LogP) is 1.71. The van der Waals surface area contributed by atoms with E-state index in [9.17, 15) is 4.79 Å². The lowest BCUT2D eigenvalue weighted by molar-refractivity contribution is 0.0788. The minimum atomic E-state index is -0.0407. The fourth-order valence-corrected chi connectivity index (χ4v) is 3.39. The van der Waals surface area contributed by atoms with Gasteiger partial charge in [-0.15, -0.1) is 0 Å². The third-order valence-electron chi connectivity index (χ3n) is 3.56. The summed E-state index contributed by atoms with van der Waals surface area (Å²) in [5.41, 5.74) is 5.88. The molecule has 6 nitrogen and oxygen atoms in total. The van der Waals surface area contributed by atoms with E-state index in [4.69, 9.17) is 5.73 Å². The van der Waals surface area contributed by atoms with E-state index in [1.165, 1.54) is 24.2 Å². The maximum Gasteiger partial charge on any atom is 0.267 e. The largest absolute Gasteiger partial charge is 0.382 e. The van der Waals surface area contributed by atoms with Gasteiger partial charge in [-0.25, -0.2) is 4.98 Å². The van der Waals surface area contributed by atoms with E-state index in [1.54, 1.807) is 4.90 Å². The number of amides is 1. The number of nitrogens with one attached hydrogen (secondary N) is 1. The summed E-state index contributed by atoms with van der Waals surface area (Å²) in [4.78, 5) is 21.3. The lowest BCUT2D eigenvalue weighted by atomic mass is 10.4. The second kappa shape index (κ2) is 7.09. The molecule has 0 saturated carbocycles. The second-order valence-electron chi connectivity index (χ2n) is 5.81. The number of hydrogen-bond donors (Lipinski definition) is 2. The monoisotopic (exact) mass is 311 g/mol. The van der Waals surface area contributed by atoms with Gasteiger partial charge < -0.3 is 20.9 Å². The fraction of sp³-hybridized carbons (Fsp3) is 0.714. The molecular formula is C14H25N5OS. The molecule has 1 saturated heterocycles. The SMILES string of the molecule is CC(C)Nc1nc(N)c(C(=O)N(C)CCN2CCCC2)s1. The van der Waals surface area contributed by atoms with Crippen molar-refractivity contribution in [2.24, 2.45) is 0 Å². The molecule has 0 aliphatic carbocycles. The number of likely N-dealkylation sites (N-methyl/N-ethyl adjacent to an activating group) is 1. The first kappa shape index (κ1) is 16.0. The van der Waals surface area contributed by atoms with Crippen molar-refractivity contribution in [1.82, 2.24) is 14.8 Å². The molecule has 0 bridgehead atoms. The minimum absolute atomic E-state index is 0.0407. The van der Waals surface area contributed by atoms with E-state index in [0.29, 0.717) is 15.8 Å². The molecule has 0 unspecified atom stereocenters. The number of aromatic nitrogens is 1. The number of carbonyl (C=O) groups is 1. The molecule has 0 radical (unpaired) electrons. The van der Waals surface area contributed by atoms with E-state index in [1.807, 2.05) is 20.9 Å². The Balaban J connectivity index is 1.93. The van der Waals surface area contributed by atoms with Crippen LogP contribution >= 0.6 is 11.3 Å². The van der Waals surface area contributed by atoms with Gasteiger partial charge in [-0.2, -0.15) is 0 Å². The van der Waals surface area contributed by atoms with Crippen molar-refractivity contribution in [3.63, 3.8) is 0 Å². The first-order valence-electron chi connectivity index (χ1n) is 7.48. The summed E-state index contributed by atoms with van der Waals surface area (Å²) in [6.45, 7) is 8.00. The number of carbonyl (C=O) groups excluding carboxylic acids is 1. The lowest BCUT2D eigenvalue weighted by Gasteiger charge is -2.21. The van der Waals surface area contributed by atoms with Gasteiger partial charge in [0.05, 0.1) is 0 Å². The van der Waals surface area contributed by atoms with Gasteiger partial charge in [0.25, 0.3) is 5.91 Å². The van der Waals surface area contributed by atoms with Crippen LogP contribution in [0.2, 0.25) is 0 Å². The normalized spacial score (nSPS) is 15.6. The van der Waals surface area contributed by atoms with Gasteiger partial charge in [-0.3, -0.25) is 4.79 Å². The van der Waals surface area contributed by atoms with Crippen LogP contribution in [0.15, 0.2) is 0 Å². The Kier molecular flexibility index (Phi) is 5.41.